The minimum Gasteiger partial charge on any atom is -0.456 e. The molecule has 0 aliphatic heterocycles. The molecular formula is C35H27NOS. The highest BCUT2D eigenvalue weighted by Gasteiger charge is 2.20. The summed E-state index contributed by atoms with van der Waals surface area (Å²) >= 11 is 1.83. The van der Waals surface area contributed by atoms with Gasteiger partial charge in [0.1, 0.15) is 11.2 Å². The molecule has 0 N–H and O–H groups in total. The Morgan fingerprint density at radius 1 is 0.684 bits per heavy atom. The normalized spacial score (nSPS) is 11.7. The fourth-order valence-electron chi connectivity index (χ4n) is 5.88. The zero-order valence-electron chi connectivity index (χ0n) is 21.9. The lowest BCUT2D eigenvalue weighted by atomic mass is 9.96. The third-order valence-electron chi connectivity index (χ3n) is 7.49. The molecule has 0 atom stereocenters. The molecule has 0 aliphatic carbocycles. The third-order valence-corrected chi connectivity index (χ3v) is 8.65. The van der Waals surface area contributed by atoms with Gasteiger partial charge in [0.2, 0.25) is 0 Å². The quantitative estimate of drug-likeness (QED) is 0.237. The van der Waals surface area contributed by atoms with Crippen molar-refractivity contribution in [2.45, 2.75) is 27.7 Å². The van der Waals surface area contributed by atoms with Gasteiger partial charge in [-0.3, -0.25) is 4.98 Å². The Hall–Kier alpha value is -4.21. The van der Waals surface area contributed by atoms with Gasteiger partial charge in [-0.1, -0.05) is 65.7 Å². The first-order valence-corrected chi connectivity index (χ1v) is 13.8. The van der Waals surface area contributed by atoms with Crippen molar-refractivity contribution in [1.82, 2.24) is 4.98 Å². The van der Waals surface area contributed by atoms with Crippen LogP contribution in [0.4, 0.5) is 0 Å². The summed E-state index contributed by atoms with van der Waals surface area (Å²) in [6, 6.07) is 30.2. The van der Waals surface area contributed by atoms with E-state index in [0.29, 0.717) is 0 Å². The van der Waals surface area contributed by atoms with Crippen LogP contribution in [0.15, 0.2) is 95.5 Å². The van der Waals surface area contributed by atoms with Crippen LogP contribution < -0.4 is 0 Å². The van der Waals surface area contributed by atoms with Crippen LogP contribution in [0.3, 0.4) is 0 Å². The number of hydrogen-bond donors (Lipinski definition) is 0. The molecule has 3 heteroatoms. The van der Waals surface area contributed by atoms with Crippen LogP contribution >= 0.6 is 11.3 Å². The van der Waals surface area contributed by atoms with Gasteiger partial charge in [0, 0.05) is 49.5 Å². The summed E-state index contributed by atoms with van der Waals surface area (Å²) in [5.41, 5.74) is 12.7. The first-order valence-electron chi connectivity index (χ1n) is 13.0. The lowest BCUT2D eigenvalue weighted by molar-refractivity contribution is 0.666. The van der Waals surface area contributed by atoms with Gasteiger partial charge in [0.05, 0.1) is 10.4 Å². The predicted molar refractivity (Wildman–Crippen MR) is 162 cm³/mol. The molecule has 0 aliphatic rings. The van der Waals surface area contributed by atoms with Gasteiger partial charge < -0.3 is 4.42 Å². The van der Waals surface area contributed by atoms with E-state index in [1.165, 1.54) is 64.7 Å². The van der Waals surface area contributed by atoms with E-state index in [4.69, 9.17) is 9.40 Å². The van der Waals surface area contributed by atoms with Gasteiger partial charge in [-0.2, -0.15) is 0 Å². The van der Waals surface area contributed by atoms with E-state index in [1.807, 2.05) is 23.6 Å². The lowest BCUT2D eigenvalue weighted by Gasteiger charge is -2.09. The summed E-state index contributed by atoms with van der Waals surface area (Å²) < 4.78 is 7.60. The molecule has 0 bridgehead atoms. The lowest BCUT2D eigenvalue weighted by Crippen LogP contribution is -1.89. The Kier molecular flexibility index (Phi) is 5.24. The highest BCUT2D eigenvalue weighted by atomic mass is 32.1. The minimum absolute atomic E-state index is 0.936. The number of thiophene rings is 1. The standard InChI is InChI=1S/C35H27NOS/c1-20-14-21(2)16-25(15-20)33-35-28(29(19-36-33)24-10-6-5-7-11-24)18-31(38-35)32-22(3)17-27-26-12-8-9-13-30(26)37-34(27)23(32)4/h5-19H,1-4H3. The van der Waals surface area contributed by atoms with Gasteiger partial charge in [0.25, 0.3) is 0 Å². The Morgan fingerprint density at radius 2 is 1.42 bits per heavy atom. The Labute approximate surface area is 226 Å². The maximum Gasteiger partial charge on any atom is 0.138 e. The number of nitrogens with zero attached hydrogens (tertiary/aromatic N) is 1. The molecule has 0 saturated heterocycles. The smallest absolute Gasteiger partial charge is 0.138 e. The molecule has 7 aromatic rings. The second kappa shape index (κ2) is 8.68. The summed E-state index contributed by atoms with van der Waals surface area (Å²) in [7, 11) is 0. The van der Waals surface area contributed by atoms with E-state index < -0.39 is 0 Å². The molecule has 0 spiro atoms. The number of hydrogen-bond acceptors (Lipinski definition) is 3. The highest BCUT2D eigenvalue weighted by Crippen LogP contribution is 2.46. The number of benzene rings is 4. The van der Waals surface area contributed by atoms with E-state index in [-0.39, 0.29) is 0 Å². The zero-order valence-corrected chi connectivity index (χ0v) is 22.7. The molecule has 184 valence electrons. The SMILES string of the molecule is Cc1cc(C)cc(-c2ncc(-c3ccccc3)c3cc(-c4c(C)cc5c(oc6ccccc65)c4C)sc23)c1. The molecule has 0 saturated carbocycles. The number of fused-ring (bicyclic) bond motifs is 4. The summed E-state index contributed by atoms with van der Waals surface area (Å²) in [6.07, 6.45) is 2.04. The summed E-state index contributed by atoms with van der Waals surface area (Å²) in [4.78, 5) is 6.30. The zero-order chi connectivity index (χ0) is 26.0. The number of rotatable bonds is 3. The van der Waals surface area contributed by atoms with Crippen LogP contribution in [0.2, 0.25) is 0 Å². The number of aromatic nitrogens is 1. The van der Waals surface area contributed by atoms with Crippen molar-refractivity contribution in [2.24, 2.45) is 0 Å². The van der Waals surface area contributed by atoms with E-state index >= 15 is 0 Å². The molecular weight excluding hydrogens is 482 g/mol. The second-order valence-electron chi connectivity index (χ2n) is 10.3. The van der Waals surface area contributed by atoms with Crippen molar-refractivity contribution in [3.63, 3.8) is 0 Å². The van der Waals surface area contributed by atoms with E-state index in [9.17, 15) is 0 Å². The Bertz CT molecular complexity index is 1990. The number of pyridine rings is 1. The third kappa shape index (κ3) is 3.58. The maximum absolute atomic E-state index is 6.38. The number of aryl methyl sites for hydroxylation is 4. The average molecular weight is 510 g/mol. The fourth-order valence-corrected chi connectivity index (χ4v) is 7.24. The van der Waals surface area contributed by atoms with Crippen molar-refractivity contribution in [1.29, 1.82) is 0 Å². The van der Waals surface area contributed by atoms with Crippen LogP contribution in [0, 0.1) is 27.7 Å². The maximum atomic E-state index is 6.38. The van der Waals surface area contributed by atoms with E-state index in [2.05, 4.69) is 107 Å². The van der Waals surface area contributed by atoms with Crippen LogP contribution in [0.1, 0.15) is 22.3 Å². The van der Waals surface area contributed by atoms with Gasteiger partial charge in [-0.25, -0.2) is 0 Å². The van der Waals surface area contributed by atoms with E-state index in [1.54, 1.807) is 0 Å². The molecule has 0 radical (unpaired) electrons. The van der Waals surface area contributed by atoms with Gasteiger partial charge in [-0.15, -0.1) is 11.3 Å². The molecule has 0 amide bonds. The molecule has 3 heterocycles. The summed E-state index contributed by atoms with van der Waals surface area (Å²) in [6.45, 7) is 8.72. The minimum atomic E-state index is 0.936. The second-order valence-corrected chi connectivity index (χ2v) is 11.3. The van der Waals surface area contributed by atoms with Crippen molar-refractivity contribution >= 4 is 43.4 Å². The van der Waals surface area contributed by atoms with Gasteiger partial charge >= 0.3 is 0 Å². The average Bonchev–Trinajstić information content (AvgIpc) is 3.50. The van der Waals surface area contributed by atoms with Crippen molar-refractivity contribution < 1.29 is 4.42 Å². The number of para-hydroxylation sites is 1. The number of furan rings is 1. The first-order chi connectivity index (χ1) is 18.5. The van der Waals surface area contributed by atoms with Crippen molar-refractivity contribution in [3.8, 4) is 32.8 Å². The molecule has 7 rings (SSSR count). The van der Waals surface area contributed by atoms with E-state index in [0.717, 1.165) is 22.4 Å². The molecule has 3 aromatic heterocycles. The summed E-state index contributed by atoms with van der Waals surface area (Å²) in [5.74, 6) is 0. The largest absolute Gasteiger partial charge is 0.456 e. The van der Waals surface area contributed by atoms with Crippen LogP contribution in [0.25, 0.3) is 64.8 Å². The summed E-state index contributed by atoms with van der Waals surface area (Å²) in [5, 5.41) is 3.59. The Morgan fingerprint density at radius 3 is 2.21 bits per heavy atom. The van der Waals surface area contributed by atoms with Crippen LogP contribution in [0.5, 0.6) is 0 Å². The van der Waals surface area contributed by atoms with Gasteiger partial charge in [0.15, 0.2) is 0 Å². The topological polar surface area (TPSA) is 26.0 Å². The Balaban J connectivity index is 1.53. The monoisotopic (exact) mass is 509 g/mol. The predicted octanol–water partition coefficient (Wildman–Crippen LogP) is 10.4. The van der Waals surface area contributed by atoms with Gasteiger partial charge in [-0.05, 0) is 69.2 Å². The van der Waals surface area contributed by atoms with Crippen LogP contribution in [-0.2, 0) is 0 Å². The van der Waals surface area contributed by atoms with Crippen molar-refractivity contribution in [3.05, 3.63) is 113 Å². The highest BCUT2D eigenvalue weighted by molar-refractivity contribution is 7.22. The molecule has 4 aromatic carbocycles. The van der Waals surface area contributed by atoms with Crippen LogP contribution in [-0.4, -0.2) is 4.98 Å². The molecule has 0 unspecified atom stereocenters. The molecule has 0 fully saturated rings. The first kappa shape index (κ1) is 22.9. The fraction of sp³-hybridized carbons (Fsp3) is 0.114. The molecule has 2 nitrogen and oxygen atoms in total. The molecule has 38 heavy (non-hydrogen) atoms. The van der Waals surface area contributed by atoms with Crippen molar-refractivity contribution in [2.75, 3.05) is 0 Å².